The summed E-state index contributed by atoms with van der Waals surface area (Å²) in [5.41, 5.74) is 5.96. The van der Waals surface area contributed by atoms with Crippen LogP contribution in [0.4, 0.5) is 0 Å². The molecule has 2 unspecified atom stereocenters. The summed E-state index contributed by atoms with van der Waals surface area (Å²) in [4.78, 5) is 4.81. The van der Waals surface area contributed by atoms with Crippen LogP contribution in [0.5, 0.6) is 0 Å². The minimum Gasteiger partial charge on any atom is -0.324 e. The minimum atomic E-state index is -0.0685. The van der Waals surface area contributed by atoms with Crippen molar-refractivity contribution in [1.82, 2.24) is 9.80 Å². The number of hydrogen-bond donors (Lipinski definition) is 1. The summed E-state index contributed by atoms with van der Waals surface area (Å²) in [7, 11) is 4.33. The van der Waals surface area contributed by atoms with E-state index >= 15 is 0 Å². The molecule has 0 saturated carbocycles. The second-order valence-corrected chi connectivity index (χ2v) is 5.69. The molecule has 0 bridgehead atoms. The van der Waals surface area contributed by atoms with Gasteiger partial charge in [0.1, 0.15) is 0 Å². The first kappa shape index (κ1) is 12.0. The molecule has 1 fully saturated rings. The Bertz CT molecular complexity index is 183. The smallest absolute Gasteiger partial charge is 0.0254 e. The van der Waals surface area contributed by atoms with Crippen LogP contribution in [-0.2, 0) is 0 Å². The average Bonchev–Trinajstić information content (AvgIpc) is 2.26. The van der Waals surface area contributed by atoms with Crippen molar-refractivity contribution in [2.45, 2.75) is 32.4 Å². The van der Waals surface area contributed by atoms with Crippen molar-refractivity contribution in [2.24, 2.45) is 11.7 Å². The molecule has 1 aliphatic heterocycles. The molecule has 0 spiro atoms. The molecule has 2 N–H and O–H groups in total. The quantitative estimate of drug-likeness (QED) is 0.723. The fourth-order valence-corrected chi connectivity index (χ4v) is 2.43. The third-order valence-corrected chi connectivity index (χ3v) is 2.94. The molecule has 1 aliphatic rings. The number of likely N-dealkylation sites (N-methyl/N-ethyl adjacent to an activating group) is 1. The average molecular weight is 199 g/mol. The first-order valence-corrected chi connectivity index (χ1v) is 5.47. The molecule has 3 nitrogen and oxygen atoms in total. The summed E-state index contributed by atoms with van der Waals surface area (Å²) in [5.74, 6) is 0.757. The fraction of sp³-hybridized carbons (Fsp3) is 1.00. The second-order valence-electron chi connectivity index (χ2n) is 5.69. The van der Waals surface area contributed by atoms with E-state index in [2.05, 4.69) is 44.7 Å². The molecule has 2 atom stereocenters. The Morgan fingerprint density at radius 3 is 2.29 bits per heavy atom. The van der Waals surface area contributed by atoms with Gasteiger partial charge in [-0.25, -0.2) is 0 Å². The summed E-state index contributed by atoms with van der Waals surface area (Å²) in [6, 6.07) is 0.692. The summed E-state index contributed by atoms with van der Waals surface area (Å²) in [6.07, 6.45) is 0. The lowest BCUT2D eigenvalue weighted by atomic mass is 10.1. The van der Waals surface area contributed by atoms with Gasteiger partial charge in [-0.2, -0.15) is 0 Å². The van der Waals surface area contributed by atoms with Gasteiger partial charge in [0, 0.05) is 31.2 Å². The van der Waals surface area contributed by atoms with E-state index in [0.29, 0.717) is 6.04 Å². The molecule has 1 heterocycles. The van der Waals surface area contributed by atoms with Crippen LogP contribution in [0.1, 0.15) is 20.8 Å². The van der Waals surface area contributed by atoms with Gasteiger partial charge in [0.25, 0.3) is 0 Å². The number of nitrogens with zero attached hydrogens (tertiary/aromatic N) is 2. The molecule has 0 aliphatic carbocycles. The standard InChI is InChI=1S/C11H25N3/c1-9-6-14(8-11(2,3)12)7-10(9)13(4)5/h9-10H,6-8,12H2,1-5H3. The van der Waals surface area contributed by atoms with Gasteiger partial charge >= 0.3 is 0 Å². The summed E-state index contributed by atoms with van der Waals surface area (Å²) in [6.45, 7) is 9.87. The highest BCUT2D eigenvalue weighted by Gasteiger charge is 2.32. The Balaban J connectivity index is 2.47. The van der Waals surface area contributed by atoms with Crippen molar-refractivity contribution >= 4 is 0 Å². The zero-order valence-corrected chi connectivity index (χ0v) is 10.2. The molecule has 0 amide bonds. The van der Waals surface area contributed by atoms with E-state index in [1.807, 2.05) is 0 Å². The van der Waals surface area contributed by atoms with Gasteiger partial charge in [0.05, 0.1) is 0 Å². The van der Waals surface area contributed by atoms with Crippen LogP contribution in [0.3, 0.4) is 0 Å². The lowest BCUT2D eigenvalue weighted by Gasteiger charge is -2.27. The molecule has 0 aromatic rings. The zero-order valence-electron chi connectivity index (χ0n) is 10.2. The van der Waals surface area contributed by atoms with Gasteiger partial charge in [-0.3, -0.25) is 4.90 Å². The number of likely N-dealkylation sites (tertiary alicyclic amines) is 1. The molecule has 14 heavy (non-hydrogen) atoms. The van der Waals surface area contributed by atoms with Crippen LogP contribution in [0, 0.1) is 5.92 Å². The van der Waals surface area contributed by atoms with Crippen molar-refractivity contribution in [1.29, 1.82) is 0 Å². The summed E-state index contributed by atoms with van der Waals surface area (Å²) in [5, 5.41) is 0. The molecule has 1 rings (SSSR count). The van der Waals surface area contributed by atoms with Gasteiger partial charge in [0.15, 0.2) is 0 Å². The maximum atomic E-state index is 6.03. The molecular weight excluding hydrogens is 174 g/mol. The third-order valence-electron chi connectivity index (χ3n) is 2.94. The van der Waals surface area contributed by atoms with Crippen molar-refractivity contribution in [2.75, 3.05) is 33.7 Å². The van der Waals surface area contributed by atoms with Crippen LogP contribution < -0.4 is 5.73 Å². The third kappa shape index (κ3) is 3.23. The van der Waals surface area contributed by atoms with E-state index in [9.17, 15) is 0 Å². The van der Waals surface area contributed by atoms with Crippen molar-refractivity contribution in [3.8, 4) is 0 Å². The lowest BCUT2D eigenvalue weighted by molar-refractivity contribution is 0.234. The molecule has 84 valence electrons. The predicted molar refractivity (Wildman–Crippen MR) is 61.3 cm³/mol. The molecule has 3 heteroatoms. The minimum absolute atomic E-state index is 0.0685. The van der Waals surface area contributed by atoms with Crippen molar-refractivity contribution in [3.05, 3.63) is 0 Å². The van der Waals surface area contributed by atoms with Crippen LogP contribution in [0.25, 0.3) is 0 Å². The van der Waals surface area contributed by atoms with Gasteiger partial charge in [0.2, 0.25) is 0 Å². The van der Waals surface area contributed by atoms with E-state index in [4.69, 9.17) is 5.73 Å². The normalized spacial score (nSPS) is 30.2. The first-order chi connectivity index (χ1) is 6.29. The number of nitrogens with two attached hydrogens (primary N) is 1. The Morgan fingerprint density at radius 1 is 1.36 bits per heavy atom. The highest BCUT2D eigenvalue weighted by Crippen LogP contribution is 2.20. The second kappa shape index (κ2) is 4.17. The zero-order chi connectivity index (χ0) is 10.9. The SMILES string of the molecule is CC1CN(CC(C)(C)N)CC1N(C)C. The van der Waals surface area contributed by atoms with E-state index < -0.39 is 0 Å². The highest BCUT2D eigenvalue weighted by molar-refractivity contribution is 4.89. The van der Waals surface area contributed by atoms with Crippen LogP contribution in [0.2, 0.25) is 0 Å². The molecule has 0 aromatic carbocycles. The Kier molecular flexibility index (Phi) is 3.56. The predicted octanol–water partition coefficient (Wildman–Crippen LogP) is 0.606. The van der Waals surface area contributed by atoms with Crippen molar-refractivity contribution in [3.63, 3.8) is 0 Å². The van der Waals surface area contributed by atoms with E-state index in [1.165, 1.54) is 6.54 Å². The monoisotopic (exact) mass is 199 g/mol. The molecular formula is C11H25N3. The highest BCUT2D eigenvalue weighted by atomic mass is 15.2. The summed E-state index contributed by atoms with van der Waals surface area (Å²) < 4.78 is 0. The Morgan fingerprint density at radius 2 is 1.93 bits per heavy atom. The van der Waals surface area contributed by atoms with Gasteiger partial charge in [-0.05, 0) is 33.9 Å². The topological polar surface area (TPSA) is 32.5 Å². The fourth-order valence-electron chi connectivity index (χ4n) is 2.43. The van der Waals surface area contributed by atoms with Crippen LogP contribution in [0.15, 0.2) is 0 Å². The van der Waals surface area contributed by atoms with Crippen molar-refractivity contribution < 1.29 is 0 Å². The summed E-state index contributed by atoms with van der Waals surface area (Å²) >= 11 is 0. The molecule has 1 saturated heterocycles. The Hall–Kier alpha value is -0.120. The van der Waals surface area contributed by atoms with Crippen LogP contribution >= 0.6 is 0 Å². The Labute approximate surface area is 88.2 Å². The lowest BCUT2D eigenvalue weighted by Crippen LogP contribution is -2.45. The molecule has 0 aromatic heterocycles. The van der Waals surface area contributed by atoms with Gasteiger partial charge in [-0.1, -0.05) is 6.92 Å². The van der Waals surface area contributed by atoms with E-state index in [1.54, 1.807) is 0 Å². The number of hydrogen-bond acceptors (Lipinski definition) is 3. The van der Waals surface area contributed by atoms with Gasteiger partial charge in [-0.15, -0.1) is 0 Å². The molecule has 0 radical (unpaired) electrons. The maximum Gasteiger partial charge on any atom is 0.0254 e. The maximum absolute atomic E-state index is 6.03. The van der Waals surface area contributed by atoms with Gasteiger partial charge < -0.3 is 10.6 Å². The van der Waals surface area contributed by atoms with E-state index in [-0.39, 0.29) is 5.54 Å². The largest absolute Gasteiger partial charge is 0.324 e. The van der Waals surface area contributed by atoms with E-state index in [0.717, 1.165) is 19.0 Å². The van der Waals surface area contributed by atoms with Crippen LogP contribution in [-0.4, -0.2) is 55.1 Å². The first-order valence-electron chi connectivity index (χ1n) is 5.47. The number of rotatable bonds is 3.